The first kappa shape index (κ1) is 10.0. The Morgan fingerprint density at radius 2 is 1.67 bits per heavy atom. The van der Waals surface area contributed by atoms with E-state index in [1.807, 2.05) is 12.1 Å². The topological polar surface area (TPSA) is 13.1 Å². The Bertz CT molecular complexity index is 387. The summed E-state index contributed by atoms with van der Waals surface area (Å²) in [6.45, 7) is 4.44. The quantitative estimate of drug-likeness (QED) is 0.728. The molecule has 1 nitrogen and oxygen atoms in total. The largest absolute Gasteiger partial charge is 0.469 e. The molecule has 0 unspecified atom stereocenters. The molecule has 0 bridgehead atoms. The molecule has 2 aromatic rings. The summed E-state index contributed by atoms with van der Waals surface area (Å²) in [5, 5.41) is 0. The van der Waals surface area contributed by atoms with E-state index in [-0.39, 0.29) is 0 Å². The van der Waals surface area contributed by atoms with Gasteiger partial charge in [-0.05, 0) is 23.6 Å². The number of rotatable bonds is 3. The molecule has 2 rings (SSSR count). The van der Waals surface area contributed by atoms with Crippen molar-refractivity contribution in [3.8, 4) is 0 Å². The number of furan rings is 1. The van der Waals surface area contributed by atoms with E-state index < -0.39 is 0 Å². The van der Waals surface area contributed by atoms with Crippen molar-refractivity contribution < 1.29 is 4.42 Å². The van der Waals surface area contributed by atoms with Crippen molar-refractivity contribution in [3.63, 3.8) is 0 Å². The van der Waals surface area contributed by atoms with Gasteiger partial charge < -0.3 is 4.42 Å². The van der Waals surface area contributed by atoms with E-state index in [0.29, 0.717) is 11.8 Å². The molecule has 0 fully saturated rings. The Morgan fingerprint density at radius 1 is 0.933 bits per heavy atom. The second kappa shape index (κ2) is 4.35. The molecule has 78 valence electrons. The third-order valence-electron chi connectivity index (χ3n) is 2.68. The summed E-state index contributed by atoms with van der Waals surface area (Å²) in [6, 6.07) is 14.5. The van der Waals surface area contributed by atoms with Crippen LogP contribution in [0.25, 0.3) is 0 Å². The van der Waals surface area contributed by atoms with Crippen LogP contribution < -0.4 is 0 Å². The van der Waals surface area contributed by atoms with Gasteiger partial charge in [0, 0.05) is 5.92 Å². The maximum absolute atomic E-state index is 5.51. The average molecular weight is 200 g/mol. The van der Waals surface area contributed by atoms with E-state index in [1.54, 1.807) is 6.26 Å². The first-order valence-corrected chi connectivity index (χ1v) is 5.37. The van der Waals surface area contributed by atoms with Crippen molar-refractivity contribution in [2.24, 2.45) is 5.92 Å². The number of hydrogen-bond donors (Lipinski definition) is 0. The Kier molecular flexibility index (Phi) is 2.91. The van der Waals surface area contributed by atoms with Gasteiger partial charge >= 0.3 is 0 Å². The van der Waals surface area contributed by atoms with Crippen LogP contribution in [0.1, 0.15) is 31.1 Å². The molecule has 0 saturated carbocycles. The van der Waals surface area contributed by atoms with Gasteiger partial charge in [-0.2, -0.15) is 0 Å². The van der Waals surface area contributed by atoms with Crippen LogP contribution in [-0.4, -0.2) is 0 Å². The predicted octanol–water partition coefficient (Wildman–Crippen LogP) is 4.07. The minimum Gasteiger partial charge on any atom is -0.469 e. The van der Waals surface area contributed by atoms with Gasteiger partial charge in [0.25, 0.3) is 0 Å². The minimum atomic E-state index is 0.362. The lowest BCUT2D eigenvalue weighted by molar-refractivity contribution is 0.431. The summed E-state index contributed by atoms with van der Waals surface area (Å²) in [7, 11) is 0. The molecule has 1 aromatic heterocycles. The molecule has 0 radical (unpaired) electrons. The van der Waals surface area contributed by atoms with E-state index in [4.69, 9.17) is 4.42 Å². The fraction of sp³-hybridized carbons (Fsp3) is 0.286. The normalized spacial score (nSPS) is 13.0. The van der Waals surface area contributed by atoms with Crippen molar-refractivity contribution in [3.05, 3.63) is 60.1 Å². The predicted molar refractivity (Wildman–Crippen MR) is 61.8 cm³/mol. The van der Waals surface area contributed by atoms with E-state index in [9.17, 15) is 0 Å². The summed E-state index contributed by atoms with van der Waals surface area (Å²) in [5.41, 5.74) is 1.32. The first-order valence-electron chi connectivity index (χ1n) is 5.37. The summed E-state index contributed by atoms with van der Waals surface area (Å²) in [5.74, 6) is 1.95. The molecule has 0 N–H and O–H groups in total. The molecule has 1 heterocycles. The standard InChI is InChI=1S/C14H16O/c1-11(2)14(13-9-6-10-15-13)12-7-4-3-5-8-12/h3-11,14H,1-2H3/t14-/m0/s1. The van der Waals surface area contributed by atoms with Crippen LogP contribution in [0.4, 0.5) is 0 Å². The molecular formula is C14H16O. The van der Waals surface area contributed by atoms with Gasteiger partial charge in [-0.15, -0.1) is 0 Å². The molecule has 0 aliphatic heterocycles. The Labute approximate surface area is 90.7 Å². The second-order valence-electron chi connectivity index (χ2n) is 4.15. The van der Waals surface area contributed by atoms with Gasteiger partial charge in [-0.3, -0.25) is 0 Å². The maximum Gasteiger partial charge on any atom is 0.111 e. The third-order valence-corrected chi connectivity index (χ3v) is 2.68. The highest BCUT2D eigenvalue weighted by Gasteiger charge is 2.19. The molecule has 0 spiro atoms. The molecule has 15 heavy (non-hydrogen) atoms. The zero-order valence-electron chi connectivity index (χ0n) is 9.18. The summed E-state index contributed by atoms with van der Waals surface area (Å²) in [6.07, 6.45) is 1.74. The Hall–Kier alpha value is -1.50. The van der Waals surface area contributed by atoms with Gasteiger partial charge in [0.05, 0.1) is 6.26 Å². The van der Waals surface area contributed by atoms with E-state index in [1.165, 1.54) is 5.56 Å². The SMILES string of the molecule is CC(C)[C@@H](c1ccccc1)c1ccco1. The fourth-order valence-corrected chi connectivity index (χ4v) is 2.01. The molecule has 0 saturated heterocycles. The molecule has 1 heteroatoms. The van der Waals surface area contributed by atoms with E-state index >= 15 is 0 Å². The van der Waals surface area contributed by atoms with E-state index in [2.05, 4.69) is 44.2 Å². The molecule has 1 atom stereocenters. The molecule has 1 aromatic carbocycles. The molecule has 0 aliphatic carbocycles. The van der Waals surface area contributed by atoms with Crippen LogP contribution in [0.3, 0.4) is 0 Å². The Balaban J connectivity index is 2.37. The zero-order chi connectivity index (χ0) is 10.7. The first-order chi connectivity index (χ1) is 7.29. The summed E-state index contributed by atoms with van der Waals surface area (Å²) in [4.78, 5) is 0. The minimum absolute atomic E-state index is 0.362. The van der Waals surface area contributed by atoms with Gasteiger partial charge in [0.15, 0.2) is 0 Å². The monoisotopic (exact) mass is 200 g/mol. The summed E-state index contributed by atoms with van der Waals surface area (Å²) < 4.78 is 5.51. The van der Waals surface area contributed by atoms with Crippen LogP contribution in [-0.2, 0) is 0 Å². The van der Waals surface area contributed by atoms with Crippen molar-refractivity contribution in [2.45, 2.75) is 19.8 Å². The van der Waals surface area contributed by atoms with Crippen molar-refractivity contribution in [1.82, 2.24) is 0 Å². The van der Waals surface area contributed by atoms with Gasteiger partial charge in [0.2, 0.25) is 0 Å². The second-order valence-corrected chi connectivity index (χ2v) is 4.15. The van der Waals surface area contributed by atoms with Crippen LogP contribution >= 0.6 is 0 Å². The molecular weight excluding hydrogens is 184 g/mol. The highest BCUT2D eigenvalue weighted by Crippen LogP contribution is 2.31. The number of benzene rings is 1. The maximum atomic E-state index is 5.51. The lowest BCUT2D eigenvalue weighted by Gasteiger charge is -2.18. The third kappa shape index (κ3) is 2.12. The van der Waals surface area contributed by atoms with Crippen molar-refractivity contribution >= 4 is 0 Å². The van der Waals surface area contributed by atoms with Crippen molar-refractivity contribution in [2.75, 3.05) is 0 Å². The van der Waals surface area contributed by atoms with Gasteiger partial charge in [-0.1, -0.05) is 44.2 Å². The average Bonchev–Trinajstić information content (AvgIpc) is 2.72. The number of hydrogen-bond acceptors (Lipinski definition) is 1. The van der Waals surface area contributed by atoms with E-state index in [0.717, 1.165) is 5.76 Å². The summed E-state index contributed by atoms with van der Waals surface area (Å²) >= 11 is 0. The fourth-order valence-electron chi connectivity index (χ4n) is 2.01. The lowest BCUT2D eigenvalue weighted by atomic mass is 9.86. The smallest absolute Gasteiger partial charge is 0.111 e. The van der Waals surface area contributed by atoms with Crippen LogP contribution in [0.15, 0.2) is 53.1 Å². The van der Waals surface area contributed by atoms with Crippen LogP contribution in [0, 0.1) is 5.92 Å². The highest BCUT2D eigenvalue weighted by molar-refractivity contribution is 5.27. The van der Waals surface area contributed by atoms with Gasteiger partial charge in [-0.25, -0.2) is 0 Å². The van der Waals surface area contributed by atoms with Gasteiger partial charge in [0.1, 0.15) is 5.76 Å². The van der Waals surface area contributed by atoms with Crippen LogP contribution in [0.5, 0.6) is 0 Å². The molecule has 0 amide bonds. The zero-order valence-corrected chi connectivity index (χ0v) is 9.18. The van der Waals surface area contributed by atoms with Crippen LogP contribution in [0.2, 0.25) is 0 Å². The highest BCUT2D eigenvalue weighted by atomic mass is 16.3. The lowest BCUT2D eigenvalue weighted by Crippen LogP contribution is -2.07. The van der Waals surface area contributed by atoms with Crippen molar-refractivity contribution in [1.29, 1.82) is 0 Å². The molecule has 0 aliphatic rings. The Morgan fingerprint density at radius 3 is 2.20 bits per heavy atom.